The molecule has 0 aromatic heterocycles. The molecule has 0 radical (unpaired) electrons. The Morgan fingerprint density at radius 1 is 1.04 bits per heavy atom. The molecule has 0 bridgehead atoms. The lowest BCUT2D eigenvalue weighted by atomic mass is 10.1. The van der Waals surface area contributed by atoms with Crippen molar-refractivity contribution in [1.29, 1.82) is 0 Å². The van der Waals surface area contributed by atoms with E-state index in [0.29, 0.717) is 23.1 Å². The largest absolute Gasteiger partial charge is 0.461 e. The van der Waals surface area contributed by atoms with Gasteiger partial charge in [-0.15, -0.1) is 0 Å². The maximum atomic E-state index is 12.9. The predicted molar refractivity (Wildman–Crippen MR) is 96.7 cm³/mol. The van der Waals surface area contributed by atoms with Crippen molar-refractivity contribution in [2.45, 2.75) is 19.2 Å². The van der Waals surface area contributed by atoms with Crippen molar-refractivity contribution in [3.05, 3.63) is 70.7 Å². The van der Waals surface area contributed by atoms with Crippen LogP contribution in [0.4, 0.5) is 13.2 Å². The summed E-state index contributed by atoms with van der Waals surface area (Å²) in [6, 6.07) is 15.8. The third kappa shape index (κ3) is 7.53. The van der Waals surface area contributed by atoms with Gasteiger partial charge in [0.25, 0.3) is 0 Å². The molecule has 0 fully saturated rings. The first-order valence-electron chi connectivity index (χ1n) is 7.81. The van der Waals surface area contributed by atoms with Crippen LogP contribution in [-0.2, 0) is 16.1 Å². The molecule has 0 saturated heterocycles. The highest BCUT2D eigenvalue weighted by Gasteiger charge is 2.40. The van der Waals surface area contributed by atoms with Crippen molar-refractivity contribution in [2.24, 2.45) is 5.92 Å². The van der Waals surface area contributed by atoms with E-state index in [4.69, 9.17) is 32.7 Å². The minimum absolute atomic E-state index is 0.187. The van der Waals surface area contributed by atoms with E-state index < -0.39 is 29.0 Å². The maximum Gasteiger partial charge on any atom is 0.395 e. The average Bonchev–Trinajstić information content (AvgIpc) is 2.59. The highest BCUT2D eigenvalue weighted by atomic mass is 35.5. The predicted octanol–water partition coefficient (Wildman–Crippen LogP) is 6.41. The molecule has 8 heteroatoms. The van der Waals surface area contributed by atoms with Gasteiger partial charge in [-0.2, -0.15) is 13.2 Å². The van der Waals surface area contributed by atoms with Crippen LogP contribution >= 0.6 is 23.2 Å². The highest BCUT2D eigenvalue weighted by molar-refractivity contribution is 6.55. The van der Waals surface area contributed by atoms with E-state index in [1.165, 1.54) is 0 Å². The van der Waals surface area contributed by atoms with Crippen LogP contribution in [0.15, 0.2) is 65.2 Å². The Morgan fingerprint density at radius 3 is 2.33 bits per heavy atom. The molecular weight excluding hydrogens is 404 g/mol. The van der Waals surface area contributed by atoms with Crippen LogP contribution in [0.3, 0.4) is 0 Å². The van der Waals surface area contributed by atoms with Crippen molar-refractivity contribution < 1.29 is 27.4 Å². The molecule has 3 nitrogen and oxygen atoms in total. The SMILES string of the molecule is O=C(CC(C=C(Cl)Cl)C(F)(F)F)OCc1cccc(Oc2ccccc2)c1. The summed E-state index contributed by atoms with van der Waals surface area (Å²) in [4.78, 5) is 11.8. The topological polar surface area (TPSA) is 35.5 Å². The number of alkyl halides is 3. The third-order valence-corrected chi connectivity index (χ3v) is 3.66. The van der Waals surface area contributed by atoms with Gasteiger partial charge in [0.1, 0.15) is 22.6 Å². The van der Waals surface area contributed by atoms with Gasteiger partial charge >= 0.3 is 12.1 Å². The minimum Gasteiger partial charge on any atom is -0.461 e. The number of esters is 1. The van der Waals surface area contributed by atoms with Crippen molar-refractivity contribution in [3.63, 3.8) is 0 Å². The summed E-state index contributed by atoms with van der Waals surface area (Å²) in [5.41, 5.74) is 0.575. The Kier molecular flexibility index (Phi) is 7.56. The van der Waals surface area contributed by atoms with Gasteiger partial charge in [0.15, 0.2) is 0 Å². The molecule has 0 heterocycles. The van der Waals surface area contributed by atoms with Crippen molar-refractivity contribution in [3.8, 4) is 11.5 Å². The van der Waals surface area contributed by atoms with E-state index in [0.717, 1.165) is 0 Å². The molecule has 0 amide bonds. The summed E-state index contributed by atoms with van der Waals surface area (Å²) in [5, 5.41) is 0. The summed E-state index contributed by atoms with van der Waals surface area (Å²) in [6.07, 6.45) is -5.00. The lowest BCUT2D eigenvalue weighted by Crippen LogP contribution is -2.24. The molecule has 0 aliphatic carbocycles. The Morgan fingerprint density at radius 2 is 1.70 bits per heavy atom. The molecule has 0 aliphatic rings. The number of halogens is 5. The molecule has 2 aromatic rings. The number of ether oxygens (including phenoxy) is 2. The Hall–Kier alpha value is -2.18. The molecule has 0 N–H and O–H groups in total. The number of carbonyl (C=O) groups is 1. The zero-order valence-corrected chi connectivity index (χ0v) is 15.4. The van der Waals surface area contributed by atoms with Crippen LogP contribution in [0.25, 0.3) is 0 Å². The standard InChI is InChI=1S/C19H15Cl2F3O3/c20-17(21)10-14(19(22,23)24)11-18(25)26-12-13-5-4-8-16(9-13)27-15-6-2-1-3-7-15/h1-10,14H,11-12H2. The summed E-state index contributed by atoms with van der Waals surface area (Å²) >= 11 is 10.6. The molecule has 2 aromatic carbocycles. The van der Waals surface area contributed by atoms with Gasteiger partial charge in [-0.1, -0.05) is 53.5 Å². The van der Waals surface area contributed by atoms with Crippen LogP contribution in [0.5, 0.6) is 11.5 Å². The minimum atomic E-state index is -4.66. The van der Waals surface area contributed by atoms with Gasteiger partial charge in [0.05, 0.1) is 12.3 Å². The smallest absolute Gasteiger partial charge is 0.395 e. The van der Waals surface area contributed by atoms with E-state index in [9.17, 15) is 18.0 Å². The molecule has 0 saturated carbocycles. The average molecular weight is 419 g/mol. The quantitative estimate of drug-likeness (QED) is 0.487. The summed E-state index contributed by atoms with van der Waals surface area (Å²) in [6.45, 7) is -0.187. The van der Waals surface area contributed by atoms with Gasteiger partial charge in [-0.25, -0.2) is 0 Å². The Bertz CT molecular complexity index is 788. The number of para-hydroxylation sites is 1. The van der Waals surface area contributed by atoms with E-state index in [1.54, 1.807) is 36.4 Å². The van der Waals surface area contributed by atoms with Crippen LogP contribution in [0, 0.1) is 5.92 Å². The normalized spacial score (nSPS) is 12.2. The van der Waals surface area contributed by atoms with E-state index in [2.05, 4.69) is 0 Å². The molecule has 0 aliphatic heterocycles. The number of benzene rings is 2. The van der Waals surface area contributed by atoms with Crippen molar-refractivity contribution in [1.82, 2.24) is 0 Å². The number of carbonyl (C=O) groups excluding carboxylic acids is 1. The molecule has 1 unspecified atom stereocenters. The third-order valence-electron chi connectivity index (χ3n) is 3.41. The Labute approximate surface area is 164 Å². The van der Waals surface area contributed by atoms with E-state index >= 15 is 0 Å². The van der Waals surface area contributed by atoms with Gasteiger partial charge in [-0.05, 0) is 35.9 Å². The molecule has 2 rings (SSSR count). The van der Waals surface area contributed by atoms with Gasteiger partial charge in [0.2, 0.25) is 0 Å². The van der Waals surface area contributed by atoms with Crippen LogP contribution < -0.4 is 4.74 Å². The van der Waals surface area contributed by atoms with Crippen LogP contribution in [0.2, 0.25) is 0 Å². The summed E-state index contributed by atoms with van der Waals surface area (Å²) in [5.74, 6) is -1.98. The first-order valence-corrected chi connectivity index (χ1v) is 8.56. The molecule has 1 atom stereocenters. The molecule has 27 heavy (non-hydrogen) atoms. The van der Waals surface area contributed by atoms with Gasteiger partial charge in [0, 0.05) is 0 Å². The van der Waals surface area contributed by atoms with Gasteiger partial charge < -0.3 is 9.47 Å². The van der Waals surface area contributed by atoms with Crippen molar-refractivity contribution >= 4 is 29.2 Å². The zero-order chi connectivity index (χ0) is 19.9. The highest BCUT2D eigenvalue weighted by Crippen LogP contribution is 2.32. The second-order valence-corrected chi connectivity index (χ2v) is 6.54. The molecule has 0 spiro atoms. The number of rotatable bonds is 7. The van der Waals surface area contributed by atoms with Crippen molar-refractivity contribution in [2.75, 3.05) is 0 Å². The maximum absolute atomic E-state index is 12.9. The first kappa shape index (κ1) is 21.1. The van der Waals surface area contributed by atoms with E-state index in [-0.39, 0.29) is 6.61 Å². The number of allylic oxidation sites excluding steroid dienone is 1. The van der Waals surface area contributed by atoms with E-state index in [1.807, 2.05) is 18.2 Å². The summed E-state index contributed by atoms with van der Waals surface area (Å²) in [7, 11) is 0. The monoisotopic (exact) mass is 418 g/mol. The first-order chi connectivity index (χ1) is 12.7. The lowest BCUT2D eigenvalue weighted by molar-refractivity contribution is -0.174. The second kappa shape index (κ2) is 9.67. The van der Waals surface area contributed by atoms with Crippen LogP contribution in [0.1, 0.15) is 12.0 Å². The molecule has 144 valence electrons. The Balaban J connectivity index is 1.94. The zero-order valence-electron chi connectivity index (χ0n) is 13.9. The number of hydrogen-bond donors (Lipinski definition) is 0. The van der Waals surface area contributed by atoms with Crippen LogP contribution in [-0.4, -0.2) is 12.1 Å². The lowest BCUT2D eigenvalue weighted by Gasteiger charge is -2.16. The van der Waals surface area contributed by atoms with Gasteiger partial charge in [-0.3, -0.25) is 4.79 Å². The number of hydrogen-bond acceptors (Lipinski definition) is 3. The molecular formula is C19H15Cl2F3O3. The summed E-state index contributed by atoms with van der Waals surface area (Å²) < 4.78 is 48.7. The fraction of sp³-hybridized carbons (Fsp3) is 0.211. The fourth-order valence-electron chi connectivity index (χ4n) is 2.15. The fourth-order valence-corrected chi connectivity index (χ4v) is 2.45. The second-order valence-electron chi connectivity index (χ2n) is 5.53.